The number of pyridine rings is 1. The van der Waals surface area contributed by atoms with Crippen LogP contribution in [0.5, 0.6) is 0 Å². The number of methoxy groups -OCH3 is 1. The molecule has 1 aromatic heterocycles. The lowest BCUT2D eigenvalue weighted by molar-refractivity contribution is 0.0600. The van der Waals surface area contributed by atoms with E-state index in [1.54, 1.807) is 60.7 Å². The molecule has 0 fully saturated rings. The van der Waals surface area contributed by atoms with E-state index in [0.29, 0.717) is 28.2 Å². The van der Waals surface area contributed by atoms with E-state index >= 15 is 0 Å². The van der Waals surface area contributed by atoms with Crippen LogP contribution in [0.4, 0.5) is 17.1 Å². The third-order valence-electron chi connectivity index (χ3n) is 3.84. The third-order valence-corrected chi connectivity index (χ3v) is 3.84. The zero-order valence-corrected chi connectivity index (χ0v) is 15.0. The van der Waals surface area contributed by atoms with Crippen LogP contribution in [0.2, 0.25) is 0 Å². The second-order valence-corrected chi connectivity index (χ2v) is 5.77. The van der Waals surface area contributed by atoms with Crippen LogP contribution in [0.25, 0.3) is 0 Å². The summed E-state index contributed by atoms with van der Waals surface area (Å²) in [5, 5.41) is 14.7. The highest BCUT2D eigenvalue weighted by molar-refractivity contribution is 6.03. The van der Waals surface area contributed by atoms with E-state index in [4.69, 9.17) is 10.00 Å². The van der Waals surface area contributed by atoms with Crippen molar-refractivity contribution in [1.82, 2.24) is 4.98 Å². The highest BCUT2D eigenvalue weighted by Crippen LogP contribution is 2.19. The molecule has 3 rings (SSSR count). The van der Waals surface area contributed by atoms with Gasteiger partial charge in [-0.1, -0.05) is 6.07 Å². The Bertz CT molecular complexity index is 1060. The summed E-state index contributed by atoms with van der Waals surface area (Å²) in [5.41, 5.74) is 3.03. The molecule has 3 aromatic rings. The number of hydrogen-bond acceptors (Lipinski definition) is 6. The number of amides is 1. The van der Waals surface area contributed by atoms with Gasteiger partial charge in [0.2, 0.25) is 0 Å². The highest BCUT2D eigenvalue weighted by Gasteiger charge is 2.10. The Hall–Kier alpha value is -4.18. The summed E-state index contributed by atoms with van der Waals surface area (Å²) in [6.07, 6.45) is 1.51. The number of esters is 1. The Kier molecular flexibility index (Phi) is 5.63. The molecule has 28 heavy (non-hydrogen) atoms. The van der Waals surface area contributed by atoms with Gasteiger partial charge in [0.1, 0.15) is 5.69 Å². The lowest BCUT2D eigenvalue weighted by Gasteiger charge is -2.09. The standard InChI is InChI=1S/C21H16N4O3/c1-28-21(27)15-3-2-4-17(11-15)24-18-9-10-23-19(12-18)20(26)25-16-7-5-14(13-22)6-8-16/h2-12H,1H3,(H,23,24)(H,25,26). The molecule has 0 aliphatic heterocycles. The first-order valence-corrected chi connectivity index (χ1v) is 8.32. The second kappa shape index (κ2) is 8.47. The lowest BCUT2D eigenvalue weighted by atomic mass is 10.2. The van der Waals surface area contributed by atoms with Gasteiger partial charge in [-0.3, -0.25) is 9.78 Å². The fourth-order valence-corrected chi connectivity index (χ4v) is 2.46. The summed E-state index contributed by atoms with van der Waals surface area (Å²) < 4.78 is 4.72. The molecule has 0 aliphatic carbocycles. The summed E-state index contributed by atoms with van der Waals surface area (Å²) in [6, 6.07) is 18.7. The quantitative estimate of drug-likeness (QED) is 0.661. The smallest absolute Gasteiger partial charge is 0.337 e. The number of nitrogens with one attached hydrogen (secondary N) is 2. The van der Waals surface area contributed by atoms with Crippen LogP contribution in [0.1, 0.15) is 26.4 Å². The van der Waals surface area contributed by atoms with Gasteiger partial charge < -0.3 is 15.4 Å². The minimum Gasteiger partial charge on any atom is -0.465 e. The van der Waals surface area contributed by atoms with Crippen LogP contribution in [-0.4, -0.2) is 24.0 Å². The van der Waals surface area contributed by atoms with Crippen molar-refractivity contribution in [2.24, 2.45) is 0 Å². The molecule has 0 unspecified atom stereocenters. The number of ether oxygens (including phenoxy) is 1. The zero-order chi connectivity index (χ0) is 19.9. The van der Waals surface area contributed by atoms with Gasteiger partial charge in [0.25, 0.3) is 5.91 Å². The summed E-state index contributed by atoms with van der Waals surface area (Å²) in [6.45, 7) is 0. The van der Waals surface area contributed by atoms with Crippen molar-refractivity contribution >= 4 is 28.9 Å². The molecule has 2 N–H and O–H groups in total. The third kappa shape index (κ3) is 4.51. The average molecular weight is 372 g/mol. The molecule has 1 amide bonds. The molecule has 0 radical (unpaired) electrons. The van der Waals surface area contributed by atoms with Crippen LogP contribution in [0.3, 0.4) is 0 Å². The number of rotatable bonds is 5. The van der Waals surface area contributed by atoms with E-state index in [1.807, 2.05) is 6.07 Å². The van der Waals surface area contributed by atoms with Gasteiger partial charge in [-0.2, -0.15) is 5.26 Å². The monoisotopic (exact) mass is 372 g/mol. The maximum Gasteiger partial charge on any atom is 0.337 e. The molecule has 7 nitrogen and oxygen atoms in total. The maximum atomic E-state index is 12.4. The summed E-state index contributed by atoms with van der Waals surface area (Å²) in [5.74, 6) is -0.808. The van der Waals surface area contributed by atoms with Crippen molar-refractivity contribution in [3.05, 3.63) is 83.7 Å². The Morgan fingerprint density at radius 1 is 1.00 bits per heavy atom. The van der Waals surface area contributed by atoms with E-state index in [0.717, 1.165) is 0 Å². The normalized spacial score (nSPS) is 9.86. The predicted molar refractivity (Wildman–Crippen MR) is 104 cm³/mol. The van der Waals surface area contributed by atoms with Crippen molar-refractivity contribution in [1.29, 1.82) is 5.26 Å². The van der Waals surface area contributed by atoms with E-state index < -0.39 is 5.97 Å². The van der Waals surface area contributed by atoms with Crippen LogP contribution in [0.15, 0.2) is 66.9 Å². The maximum absolute atomic E-state index is 12.4. The number of carbonyl (C=O) groups is 2. The molecule has 0 atom stereocenters. The van der Waals surface area contributed by atoms with Crippen molar-refractivity contribution < 1.29 is 14.3 Å². The second-order valence-electron chi connectivity index (χ2n) is 5.77. The summed E-state index contributed by atoms with van der Waals surface area (Å²) in [7, 11) is 1.32. The Morgan fingerprint density at radius 3 is 2.46 bits per heavy atom. The molecule has 2 aromatic carbocycles. The van der Waals surface area contributed by atoms with Gasteiger partial charge in [-0.15, -0.1) is 0 Å². The molecule has 0 saturated carbocycles. The summed E-state index contributed by atoms with van der Waals surface area (Å²) >= 11 is 0. The van der Waals surface area contributed by atoms with Crippen molar-refractivity contribution in [3.8, 4) is 6.07 Å². The molecule has 0 saturated heterocycles. The fraction of sp³-hybridized carbons (Fsp3) is 0.0476. The van der Waals surface area contributed by atoms with Crippen molar-refractivity contribution in [2.75, 3.05) is 17.7 Å². The van der Waals surface area contributed by atoms with Crippen molar-refractivity contribution in [3.63, 3.8) is 0 Å². The first kappa shape index (κ1) is 18.6. The van der Waals surface area contributed by atoms with E-state index in [1.165, 1.54) is 13.3 Å². The molecule has 1 heterocycles. The topological polar surface area (TPSA) is 104 Å². The van der Waals surface area contributed by atoms with Gasteiger partial charge in [0, 0.05) is 23.3 Å². The van der Waals surface area contributed by atoms with Gasteiger partial charge in [-0.05, 0) is 54.6 Å². The molecular formula is C21H16N4O3. The molecule has 7 heteroatoms. The minimum absolute atomic E-state index is 0.221. The molecule has 0 spiro atoms. The SMILES string of the molecule is COC(=O)c1cccc(Nc2ccnc(C(=O)Nc3ccc(C#N)cc3)c2)c1. The highest BCUT2D eigenvalue weighted by atomic mass is 16.5. The van der Waals surface area contributed by atoms with E-state index in [2.05, 4.69) is 15.6 Å². The van der Waals surface area contributed by atoms with Crippen LogP contribution >= 0.6 is 0 Å². The fourth-order valence-electron chi connectivity index (χ4n) is 2.46. The van der Waals surface area contributed by atoms with Gasteiger partial charge in [0.05, 0.1) is 24.3 Å². The molecule has 0 bridgehead atoms. The van der Waals surface area contributed by atoms with Crippen LogP contribution in [-0.2, 0) is 4.74 Å². The van der Waals surface area contributed by atoms with Crippen LogP contribution < -0.4 is 10.6 Å². The zero-order valence-electron chi connectivity index (χ0n) is 15.0. The lowest BCUT2D eigenvalue weighted by Crippen LogP contribution is -2.13. The van der Waals surface area contributed by atoms with E-state index in [-0.39, 0.29) is 11.6 Å². The van der Waals surface area contributed by atoms with Crippen molar-refractivity contribution in [2.45, 2.75) is 0 Å². The minimum atomic E-state index is -0.430. The number of nitriles is 1. The number of benzene rings is 2. The van der Waals surface area contributed by atoms with Gasteiger partial charge in [-0.25, -0.2) is 4.79 Å². The first-order valence-electron chi connectivity index (χ1n) is 8.32. The predicted octanol–water partition coefficient (Wildman–Crippen LogP) is 3.74. The Balaban J connectivity index is 1.74. The Morgan fingerprint density at radius 2 is 1.75 bits per heavy atom. The molecular weight excluding hydrogens is 356 g/mol. The van der Waals surface area contributed by atoms with E-state index in [9.17, 15) is 9.59 Å². The summed E-state index contributed by atoms with van der Waals surface area (Å²) in [4.78, 5) is 28.2. The van der Waals surface area contributed by atoms with Crippen LogP contribution in [0, 0.1) is 11.3 Å². The van der Waals surface area contributed by atoms with Gasteiger partial charge in [0.15, 0.2) is 0 Å². The largest absolute Gasteiger partial charge is 0.465 e. The number of aromatic nitrogens is 1. The molecule has 138 valence electrons. The number of anilines is 3. The average Bonchev–Trinajstić information content (AvgIpc) is 2.74. The number of carbonyl (C=O) groups excluding carboxylic acids is 2. The first-order chi connectivity index (χ1) is 13.6. The van der Waals surface area contributed by atoms with Gasteiger partial charge >= 0.3 is 5.97 Å². The number of nitrogens with zero attached hydrogens (tertiary/aromatic N) is 2. The number of hydrogen-bond donors (Lipinski definition) is 2. The Labute approximate surface area is 161 Å². The molecule has 0 aliphatic rings.